The number of fused-ring (bicyclic) bond motifs is 2. The zero-order valence-corrected chi connectivity index (χ0v) is 19.2. The van der Waals surface area contributed by atoms with Gasteiger partial charge < -0.3 is 4.74 Å². The van der Waals surface area contributed by atoms with E-state index in [1.165, 1.54) is 28.8 Å². The minimum atomic E-state index is -3.44. The number of aryl methyl sites for hydroxylation is 3. The van der Waals surface area contributed by atoms with Crippen LogP contribution in [-0.4, -0.2) is 60.2 Å². The molecule has 1 aromatic heterocycles. The van der Waals surface area contributed by atoms with E-state index in [0.717, 1.165) is 64.2 Å². The molecule has 168 valence electrons. The molecule has 31 heavy (non-hydrogen) atoms. The van der Waals surface area contributed by atoms with Crippen LogP contribution < -0.4 is 0 Å². The number of piperazine rings is 1. The van der Waals surface area contributed by atoms with Gasteiger partial charge in [0.25, 0.3) is 0 Å². The summed E-state index contributed by atoms with van der Waals surface area (Å²) in [4.78, 5) is 2.77. The predicted octanol–water partition coefficient (Wildman–Crippen LogP) is 2.36. The van der Waals surface area contributed by atoms with Gasteiger partial charge in [-0.1, -0.05) is 6.07 Å². The summed E-state index contributed by atoms with van der Waals surface area (Å²) in [6, 6.07) is 5.74. The minimum Gasteiger partial charge on any atom is -0.376 e. The van der Waals surface area contributed by atoms with Crippen molar-refractivity contribution >= 4 is 10.0 Å². The molecule has 0 spiro atoms. The van der Waals surface area contributed by atoms with E-state index in [0.29, 0.717) is 24.6 Å². The minimum absolute atomic E-state index is 0.453. The second kappa shape index (κ2) is 8.65. The second-order valence-corrected chi connectivity index (χ2v) is 10.7. The summed E-state index contributed by atoms with van der Waals surface area (Å²) in [5, 5.41) is 4.82. The van der Waals surface area contributed by atoms with Crippen LogP contribution in [0, 0.1) is 0 Å². The van der Waals surface area contributed by atoms with Gasteiger partial charge in [-0.25, -0.2) is 8.42 Å². The Morgan fingerprint density at radius 1 is 1.03 bits per heavy atom. The molecular weight excluding hydrogens is 412 g/mol. The summed E-state index contributed by atoms with van der Waals surface area (Å²) in [5.41, 5.74) is 6.15. The van der Waals surface area contributed by atoms with Crippen molar-refractivity contribution in [1.82, 2.24) is 19.0 Å². The average Bonchev–Trinajstić information content (AvgIpc) is 3.17. The van der Waals surface area contributed by atoms with Crippen molar-refractivity contribution in [1.29, 1.82) is 0 Å². The molecule has 0 atom stereocenters. The van der Waals surface area contributed by atoms with E-state index in [4.69, 9.17) is 9.84 Å². The summed E-state index contributed by atoms with van der Waals surface area (Å²) in [6.07, 6.45) is 5.33. The monoisotopic (exact) mass is 444 g/mol. The van der Waals surface area contributed by atoms with Crippen LogP contribution in [0.4, 0.5) is 0 Å². The van der Waals surface area contributed by atoms with Gasteiger partial charge in [-0.05, 0) is 55.9 Å². The van der Waals surface area contributed by atoms with E-state index in [1.54, 1.807) is 10.4 Å². The van der Waals surface area contributed by atoms with Gasteiger partial charge in [0.1, 0.15) is 0 Å². The lowest BCUT2D eigenvalue weighted by molar-refractivity contribution is 0.107. The SMILES string of the molecule is CCn1nc(CN2CCN(S(=O)(=O)c3ccc4c(c3)CCCC4)CC2)c2c1CCOC2. The summed E-state index contributed by atoms with van der Waals surface area (Å²) < 4.78 is 35.9. The summed E-state index contributed by atoms with van der Waals surface area (Å²) in [6.45, 7) is 7.63. The molecule has 1 aromatic carbocycles. The first-order valence-corrected chi connectivity index (χ1v) is 13.0. The molecule has 1 fully saturated rings. The molecular formula is C23H32N4O3S. The molecule has 8 heteroatoms. The quantitative estimate of drug-likeness (QED) is 0.708. The molecule has 2 aliphatic heterocycles. The van der Waals surface area contributed by atoms with E-state index in [9.17, 15) is 8.42 Å². The topological polar surface area (TPSA) is 67.7 Å². The smallest absolute Gasteiger partial charge is 0.243 e. The van der Waals surface area contributed by atoms with Crippen molar-refractivity contribution in [3.05, 3.63) is 46.3 Å². The third-order valence-corrected chi connectivity index (χ3v) is 8.84. The lowest BCUT2D eigenvalue weighted by Crippen LogP contribution is -2.48. The van der Waals surface area contributed by atoms with Crippen molar-refractivity contribution in [2.24, 2.45) is 0 Å². The Morgan fingerprint density at radius 3 is 2.58 bits per heavy atom. The lowest BCUT2D eigenvalue weighted by Gasteiger charge is -2.34. The molecule has 3 heterocycles. The first-order valence-electron chi connectivity index (χ1n) is 11.6. The van der Waals surface area contributed by atoms with Gasteiger partial charge in [-0.15, -0.1) is 0 Å². The molecule has 0 saturated carbocycles. The Labute approximate surface area is 185 Å². The summed E-state index contributed by atoms with van der Waals surface area (Å²) in [5.74, 6) is 0. The number of aromatic nitrogens is 2. The standard InChI is InChI=1S/C23H32N4O3S/c1-2-27-23-9-14-30-17-21(23)22(24-27)16-25-10-12-26(13-11-25)31(28,29)20-8-7-18-5-3-4-6-19(18)15-20/h7-8,15H,2-6,9-14,16-17H2,1H3. The van der Waals surface area contributed by atoms with Crippen LogP contribution >= 0.6 is 0 Å². The second-order valence-electron chi connectivity index (χ2n) is 8.81. The van der Waals surface area contributed by atoms with Crippen molar-refractivity contribution in [2.75, 3.05) is 32.8 Å². The van der Waals surface area contributed by atoms with Gasteiger partial charge in [-0.3, -0.25) is 9.58 Å². The molecule has 0 bridgehead atoms. The van der Waals surface area contributed by atoms with Gasteiger partial charge in [0, 0.05) is 56.9 Å². The van der Waals surface area contributed by atoms with Crippen LogP contribution in [0.2, 0.25) is 0 Å². The number of ether oxygens (including phenoxy) is 1. The normalized spacial score (nSPS) is 20.4. The Balaban J connectivity index is 1.26. The highest BCUT2D eigenvalue weighted by atomic mass is 32.2. The number of hydrogen-bond donors (Lipinski definition) is 0. The van der Waals surface area contributed by atoms with Crippen LogP contribution in [0.3, 0.4) is 0 Å². The fourth-order valence-corrected chi connectivity index (χ4v) is 6.60. The molecule has 0 radical (unpaired) electrons. The third-order valence-electron chi connectivity index (χ3n) is 6.94. The highest BCUT2D eigenvalue weighted by molar-refractivity contribution is 7.89. The fraction of sp³-hybridized carbons (Fsp3) is 0.609. The zero-order chi connectivity index (χ0) is 21.4. The molecule has 0 N–H and O–H groups in total. The van der Waals surface area contributed by atoms with E-state index < -0.39 is 10.0 Å². The van der Waals surface area contributed by atoms with E-state index >= 15 is 0 Å². The number of sulfonamides is 1. The van der Waals surface area contributed by atoms with Gasteiger partial charge in [0.15, 0.2) is 0 Å². The van der Waals surface area contributed by atoms with Crippen molar-refractivity contribution in [2.45, 2.75) is 63.6 Å². The molecule has 5 rings (SSSR count). The Bertz CT molecular complexity index is 1060. The molecule has 7 nitrogen and oxygen atoms in total. The van der Waals surface area contributed by atoms with Crippen molar-refractivity contribution < 1.29 is 13.2 Å². The first kappa shape index (κ1) is 21.1. The Kier molecular flexibility index (Phi) is 5.90. The first-order chi connectivity index (χ1) is 15.1. The van der Waals surface area contributed by atoms with Crippen molar-refractivity contribution in [3.63, 3.8) is 0 Å². The fourth-order valence-electron chi connectivity index (χ4n) is 5.13. The summed E-state index contributed by atoms with van der Waals surface area (Å²) in [7, 11) is -3.44. The Hall–Kier alpha value is -1.74. The van der Waals surface area contributed by atoms with Crippen LogP contribution in [0.25, 0.3) is 0 Å². The lowest BCUT2D eigenvalue weighted by atomic mass is 9.92. The molecule has 1 aliphatic carbocycles. The van der Waals surface area contributed by atoms with Crippen LogP contribution in [-0.2, 0) is 53.7 Å². The van der Waals surface area contributed by atoms with Gasteiger partial charge in [0.2, 0.25) is 10.0 Å². The molecule has 0 amide bonds. The number of rotatable bonds is 5. The van der Waals surface area contributed by atoms with Gasteiger partial charge >= 0.3 is 0 Å². The van der Waals surface area contributed by atoms with Gasteiger partial charge in [0.05, 0.1) is 23.8 Å². The maximum absolute atomic E-state index is 13.2. The molecule has 0 unspecified atom stereocenters. The third kappa shape index (κ3) is 4.06. The average molecular weight is 445 g/mol. The molecule has 3 aliphatic rings. The van der Waals surface area contributed by atoms with Crippen LogP contribution in [0.15, 0.2) is 23.1 Å². The highest BCUT2D eigenvalue weighted by Crippen LogP contribution is 2.27. The Morgan fingerprint density at radius 2 is 1.81 bits per heavy atom. The predicted molar refractivity (Wildman–Crippen MR) is 118 cm³/mol. The number of benzene rings is 1. The van der Waals surface area contributed by atoms with E-state index in [1.807, 2.05) is 12.1 Å². The maximum Gasteiger partial charge on any atom is 0.243 e. The summed E-state index contributed by atoms with van der Waals surface area (Å²) >= 11 is 0. The number of nitrogens with zero attached hydrogens (tertiary/aromatic N) is 4. The van der Waals surface area contributed by atoms with Crippen molar-refractivity contribution in [3.8, 4) is 0 Å². The van der Waals surface area contributed by atoms with Crippen LogP contribution in [0.5, 0.6) is 0 Å². The molecule has 1 saturated heterocycles. The zero-order valence-electron chi connectivity index (χ0n) is 18.3. The largest absolute Gasteiger partial charge is 0.376 e. The molecule has 2 aromatic rings. The highest BCUT2D eigenvalue weighted by Gasteiger charge is 2.30. The van der Waals surface area contributed by atoms with Gasteiger partial charge in [-0.2, -0.15) is 9.40 Å². The van der Waals surface area contributed by atoms with E-state index in [-0.39, 0.29) is 0 Å². The van der Waals surface area contributed by atoms with Crippen LogP contribution in [0.1, 0.15) is 47.8 Å². The van der Waals surface area contributed by atoms with E-state index in [2.05, 4.69) is 16.5 Å². The number of hydrogen-bond acceptors (Lipinski definition) is 5. The maximum atomic E-state index is 13.2.